The number of carbonyl (C=O) groups excluding carboxylic acids is 1. The number of hydrogen-bond acceptors (Lipinski definition) is 5. The number of rotatable bonds is 3. The molecule has 0 spiro atoms. The molecule has 6 heteroatoms. The van der Waals surface area contributed by atoms with E-state index in [1.165, 1.54) is 6.42 Å². The molecule has 4 rings (SSSR count). The van der Waals surface area contributed by atoms with Gasteiger partial charge in [0.15, 0.2) is 0 Å². The summed E-state index contributed by atoms with van der Waals surface area (Å²) in [6, 6.07) is 2.00. The Bertz CT molecular complexity index is 597. The number of ether oxygens (including phenoxy) is 1. The average molecular weight is 358 g/mol. The molecule has 1 aromatic rings. The number of morpholine rings is 1. The molecule has 3 heterocycles. The van der Waals surface area contributed by atoms with Crippen molar-refractivity contribution in [2.45, 2.75) is 56.4 Å². The fourth-order valence-electron chi connectivity index (χ4n) is 5.03. The second-order valence-electron chi connectivity index (χ2n) is 7.92. The molecule has 0 aromatic carbocycles. The molecule has 0 radical (unpaired) electrons. The van der Waals surface area contributed by atoms with Gasteiger partial charge in [0.2, 0.25) is 5.91 Å². The SMILES string of the molecule is O=C(N1CCC[C@H](c2ccncn2)C1)C1(N2CCOCC2)CCCCC1. The van der Waals surface area contributed by atoms with Crippen LogP contribution in [0.2, 0.25) is 0 Å². The van der Waals surface area contributed by atoms with Crippen molar-refractivity contribution in [2.24, 2.45) is 0 Å². The van der Waals surface area contributed by atoms with Crippen molar-refractivity contribution in [2.75, 3.05) is 39.4 Å². The Balaban J connectivity index is 1.53. The van der Waals surface area contributed by atoms with Gasteiger partial charge < -0.3 is 9.64 Å². The lowest BCUT2D eigenvalue weighted by atomic mass is 9.78. The summed E-state index contributed by atoms with van der Waals surface area (Å²) in [5.41, 5.74) is 0.775. The van der Waals surface area contributed by atoms with Crippen LogP contribution in [0.4, 0.5) is 0 Å². The minimum absolute atomic E-state index is 0.296. The van der Waals surface area contributed by atoms with E-state index in [2.05, 4.69) is 19.8 Å². The van der Waals surface area contributed by atoms with Crippen LogP contribution in [0.5, 0.6) is 0 Å². The molecule has 3 fully saturated rings. The molecular weight excluding hydrogens is 328 g/mol. The molecule has 2 aliphatic heterocycles. The first-order valence-electron chi connectivity index (χ1n) is 10.2. The van der Waals surface area contributed by atoms with Crippen molar-refractivity contribution in [3.63, 3.8) is 0 Å². The van der Waals surface area contributed by atoms with E-state index in [-0.39, 0.29) is 5.54 Å². The molecule has 1 atom stereocenters. The summed E-state index contributed by atoms with van der Waals surface area (Å²) in [7, 11) is 0. The van der Waals surface area contributed by atoms with Crippen molar-refractivity contribution in [3.05, 3.63) is 24.3 Å². The summed E-state index contributed by atoms with van der Waals surface area (Å²) in [4.78, 5) is 26.8. The van der Waals surface area contributed by atoms with E-state index in [0.29, 0.717) is 11.8 Å². The molecular formula is C20H30N4O2. The Kier molecular flexibility index (Phi) is 5.50. The zero-order valence-corrected chi connectivity index (χ0v) is 15.6. The van der Waals surface area contributed by atoms with Crippen LogP contribution < -0.4 is 0 Å². The predicted octanol–water partition coefficient (Wildman–Crippen LogP) is 2.22. The van der Waals surface area contributed by atoms with Gasteiger partial charge in [-0.25, -0.2) is 9.97 Å². The van der Waals surface area contributed by atoms with Crippen LogP contribution in [-0.4, -0.2) is 70.6 Å². The molecule has 0 bridgehead atoms. The summed E-state index contributed by atoms with van der Waals surface area (Å²) < 4.78 is 5.55. The second kappa shape index (κ2) is 8.01. The number of piperidine rings is 1. The maximum atomic E-state index is 13.8. The molecule has 3 aliphatic rings. The standard InChI is InChI=1S/C20H30N4O2/c25-19(20(7-2-1-3-8-20)24-11-13-26-14-12-24)23-10-4-5-17(15-23)18-6-9-21-16-22-18/h6,9,16-17H,1-5,7-8,10-15H2/t17-/m0/s1. The Hall–Kier alpha value is -1.53. The Labute approximate surface area is 155 Å². The highest BCUT2D eigenvalue weighted by Gasteiger charge is 2.47. The average Bonchev–Trinajstić information content (AvgIpc) is 2.75. The molecule has 1 amide bonds. The molecule has 1 aromatic heterocycles. The predicted molar refractivity (Wildman–Crippen MR) is 98.8 cm³/mol. The first kappa shape index (κ1) is 17.9. The molecule has 6 nitrogen and oxygen atoms in total. The third kappa shape index (κ3) is 3.49. The number of amides is 1. The quantitative estimate of drug-likeness (QED) is 0.829. The Morgan fingerprint density at radius 3 is 2.65 bits per heavy atom. The van der Waals surface area contributed by atoms with E-state index in [4.69, 9.17) is 4.74 Å². The van der Waals surface area contributed by atoms with Gasteiger partial charge in [-0.15, -0.1) is 0 Å². The molecule has 26 heavy (non-hydrogen) atoms. The van der Waals surface area contributed by atoms with Gasteiger partial charge in [-0.1, -0.05) is 19.3 Å². The number of hydrogen-bond donors (Lipinski definition) is 0. The van der Waals surface area contributed by atoms with Gasteiger partial charge in [0.1, 0.15) is 11.9 Å². The van der Waals surface area contributed by atoms with Gasteiger partial charge in [-0.3, -0.25) is 9.69 Å². The van der Waals surface area contributed by atoms with E-state index in [0.717, 1.165) is 83.6 Å². The van der Waals surface area contributed by atoms with E-state index < -0.39 is 0 Å². The first-order chi connectivity index (χ1) is 12.8. The maximum absolute atomic E-state index is 13.8. The topological polar surface area (TPSA) is 58.6 Å². The minimum Gasteiger partial charge on any atom is -0.379 e. The van der Waals surface area contributed by atoms with E-state index >= 15 is 0 Å². The third-order valence-corrected chi connectivity index (χ3v) is 6.43. The van der Waals surface area contributed by atoms with Crippen molar-refractivity contribution in [1.29, 1.82) is 0 Å². The van der Waals surface area contributed by atoms with E-state index in [1.807, 2.05) is 6.07 Å². The van der Waals surface area contributed by atoms with Crippen molar-refractivity contribution in [1.82, 2.24) is 19.8 Å². The van der Waals surface area contributed by atoms with Gasteiger partial charge in [0.05, 0.1) is 13.2 Å². The lowest BCUT2D eigenvalue weighted by Gasteiger charge is -2.49. The largest absolute Gasteiger partial charge is 0.379 e. The minimum atomic E-state index is -0.296. The Morgan fingerprint density at radius 1 is 1.12 bits per heavy atom. The summed E-state index contributed by atoms with van der Waals surface area (Å²) in [6.45, 7) is 4.94. The van der Waals surface area contributed by atoms with Crippen LogP contribution in [0.1, 0.15) is 56.6 Å². The van der Waals surface area contributed by atoms with Gasteiger partial charge in [0.25, 0.3) is 0 Å². The van der Waals surface area contributed by atoms with Crippen LogP contribution in [0.3, 0.4) is 0 Å². The zero-order valence-electron chi connectivity index (χ0n) is 15.6. The Morgan fingerprint density at radius 2 is 1.92 bits per heavy atom. The fourth-order valence-corrected chi connectivity index (χ4v) is 5.03. The lowest BCUT2D eigenvalue weighted by Crippen LogP contribution is -2.63. The van der Waals surface area contributed by atoms with Crippen molar-refractivity contribution >= 4 is 5.91 Å². The van der Waals surface area contributed by atoms with Gasteiger partial charge >= 0.3 is 0 Å². The number of carbonyl (C=O) groups is 1. The van der Waals surface area contributed by atoms with Gasteiger partial charge in [-0.2, -0.15) is 0 Å². The van der Waals surface area contributed by atoms with Crippen LogP contribution in [0.15, 0.2) is 18.6 Å². The number of nitrogens with zero attached hydrogens (tertiary/aromatic N) is 4. The van der Waals surface area contributed by atoms with E-state index in [1.54, 1.807) is 12.5 Å². The lowest BCUT2D eigenvalue weighted by molar-refractivity contribution is -0.152. The summed E-state index contributed by atoms with van der Waals surface area (Å²) >= 11 is 0. The number of aromatic nitrogens is 2. The molecule has 0 N–H and O–H groups in total. The van der Waals surface area contributed by atoms with Crippen LogP contribution in [0.25, 0.3) is 0 Å². The summed E-state index contributed by atoms with van der Waals surface area (Å²) in [6.07, 6.45) is 11.2. The fraction of sp³-hybridized carbons (Fsp3) is 0.750. The molecule has 2 saturated heterocycles. The molecule has 1 aliphatic carbocycles. The first-order valence-corrected chi connectivity index (χ1v) is 10.2. The third-order valence-electron chi connectivity index (χ3n) is 6.43. The highest BCUT2D eigenvalue weighted by Crippen LogP contribution is 2.37. The van der Waals surface area contributed by atoms with Gasteiger partial charge in [-0.05, 0) is 31.7 Å². The zero-order chi connectivity index (χ0) is 17.8. The monoisotopic (exact) mass is 358 g/mol. The van der Waals surface area contributed by atoms with Gasteiger partial charge in [0, 0.05) is 44.0 Å². The van der Waals surface area contributed by atoms with Crippen molar-refractivity contribution in [3.8, 4) is 0 Å². The van der Waals surface area contributed by atoms with Crippen molar-refractivity contribution < 1.29 is 9.53 Å². The second-order valence-corrected chi connectivity index (χ2v) is 7.92. The van der Waals surface area contributed by atoms with Crippen LogP contribution in [-0.2, 0) is 9.53 Å². The molecule has 1 saturated carbocycles. The van der Waals surface area contributed by atoms with Crippen LogP contribution in [0, 0.1) is 0 Å². The highest BCUT2D eigenvalue weighted by atomic mass is 16.5. The molecule has 0 unspecified atom stereocenters. The highest BCUT2D eigenvalue weighted by molar-refractivity contribution is 5.86. The van der Waals surface area contributed by atoms with Crippen LogP contribution >= 0.6 is 0 Å². The number of likely N-dealkylation sites (tertiary alicyclic amines) is 1. The maximum Gasteiger partial charge on any atom is 0.243 e. The smallest absolute Gasteiger partial charge is 0.243 e. The van der Waals surface area contributed by atoms with E-state index in [9.17, 15) is 4.79 Å². The molecule has 142 valence electrons. The normalized spacial score (nSPS) is 27.2. The summed E-state index contributed by atoms with van der Waals surface area (Å²) in [5, 5.41) is 0. The summed E-state index contributed by atoms with van der Waals surface area (Å²) in [5.74, 6) is 0.693.